The van der Waals surface area contributed by atoms with Gasteiger partial charge in [0.15, 0.2) is 17.4 Å². The van der Waals surface area contributed by atoms with Crippen molar-refractivity contribution in [3.8, 4) is 5.75 Å². The molecule has 0 aromatic heterocycles. The Morgan fingerprint density at radius 1 is 1.25 bits per heavy atom. The van der Waals surface area contributed by atoms with Crippen LogP contribution in [0.15, 0.2) is 12.1 Å². The first kappa shape index (κ1) is 15.2. The number of phenolic OH excluding ortho intramolecular Hbond substituents is 1. The van der Waals surface area contributed by atoms with E-state index in [1.807, 2.05) is 0 Å². The molecule has 1 aromatic carbocycles. The molecule has 1 heterocycles. The van der Waals surface area contributed by atoms with Gasteiger partial charge in [0.2, 0.25) is 0 Å². The zero-order chi connectivity index (χ0) is 14.7. The number of aromatic hydroxyl groups is 1. The van der Waals surface area contributed by atoms with Crippen LogP contribution in [0.5, 0.6) is 5.75 Å². The summed E-state index contributed by atoms with van der Waals surface area (Å²) in [5.41, 5.74) is 0.490. The minimum absolute atomic E-state index is 0.377. The Morgan fingerprint density at radius 3 is 2.55 bits per heavy atom. The first-order valence-electron chi connectivity index (χ1n) is 6.73. The molecule has 4 nitrogen and oxygen atoms in total. The van der Waals surface area contributed by atoms with Crippen LogP contribution in [0.4, 0.5) is 8.78 Å². The topological polar surface area (TPSA) is 38.7 Å². The van der Waals surface area contributed by atoms with Crippen LogP contribution in [0.2, 0.25) is 0 Å². The average Bonchev–Trinajstić information content (AvgIpc) is 2.40. The van der Waals surface area contributed by atoms with Crippen molar-refractivity contribution in [3.05, 3.63) is 29.3 Å². The molecule has 2 rings (SSSR count). The molecule has 0 amide bonds. The van der Waals surface area contributed by atoms with Crippen molar-refractivity contribution in [3.63, 3.8) is 0 Å². The molecule has 1 unspecified atom stereocenters. The van der Waals surface area contributed by atoms with E-state index in [1.165, 1.54) is 0 Å². The summed E-state index contributed by atoms with van der Waals surface area (Å²) >= 11 is 0. The van der Waals surface area contributed by atoms with Crippen molar-refractivity contribution >= 4 is 0 Å². The summed E-state index contributed by atoms with van der Waals surface area (Å²) in [7, 11) is 4.17. The molecule has 0 saturated carbocycles. The summed E-state index contributed by atoms with van der Waals surface area (Å²) in [6, 6.07) is 2.70. The normalized spacial score (nSPS) is 21.3. The molecule has 2 N–H and O–H groups in total. The van der Waals surface area contributed by atoms with Crippen LogP contribution in [-0.4, -0.2) is 61.2 Å². The molecule has 1 aromatic rings. The Kier molecular flexibility index (Phi) is 4.91. The predicted octanol–water partition coefficient (Wildman–Crippen LogP) is 1.01. The second kappa shape index (κ2) is 6.47. The lowest BCUT2D eigenvalue weighted by molar-refractivity contribution is 0.113. The van der Waals surface area contributed by atoms with E-state index >= 15 is 0 Å². The summed E-state index contributed by atoms with van der Waals surface area (Å²) in [6.45, 7) is 4.18. The molecule has 0 radical (unpaired) electrons. The maximum Gasteiger partial charge on any atom is 0.187 e. The van der Waals surface area contributed by atoms with Gasteiger partial charge in [0.25, 0.3) is 0 Å². The second-order valence-corrected chi connectivity index (χ2v) is 5.44. The van der Waals surface area contributed by atoms with Crippen LogP contribution in [0, 0.1) is 11.6 Å². The van der Waals surface area contributed by atoms with Gasteiger partial charge < -0.3 is 15.3 Å². The summed E-state index contributed by atoms with van der Waals surface area (Å²) in [6.07, 6.45) is 0. The molecule has 1 fully saturated rings. The maximum absolute atomic E-state index is 13.2. The van der Waals surface area contributed by atoms with Crippen LogP contribution in [0.1, 0.15) is 5.56 Å². The standard InChI is InChI=1S/C14H21F2N3O/c1-18-3-4-19(2)11(9-18)8-17-7-10-5-12(15)14(20)13(16)6-10/h5-6,11,17,20H,3-4,7-9H2,1-2H3. The number of piperazine rings is 1. The van der Waals surface area contributed by atoms with Crippen LogP contribution in [0.3, 0.4) is 0 Å². The van der Waals surface area contributed by atoms with Crippen LogP contribution < -0.4 is 5.32 Å². The molecule has 20 heavy (non-hydrogen) atoms. The minimum Gasteiger partial charge on any atom is -0.503 e. The van der Waals surface area contributed by atoms with Gasteiger partial charge in [-0.3, -0.25) is 4.90 Å². The Bertz CT molecular complexity index is 447. The number of likely N-dealkylation sites (N-methyl/N-ethyl adjacent to an activating group) is 2. The highest BCUT2D eigenvalue weighted by molar-refractivity contribution is 5.29. The molecule has 1 aliphatic heterocycles. The lowest BCUT2D eigenvalue weighted by Crippen LogP contribution is -2.53. The molecule has 0 bridgehead atoms. The zero-order valence-electron chi connectivity index (χ0n) is 11.9. The number of benzene rings is 1. The summed E-state index contributed by atoms with van der Waals surface area (Å²) in [4.78, 5) is 4.55. The van der Waals surface area contributed by atoms with E-state index in [2.05, 4.69) is 29.2 Å². The van der Waals surface area contributed by atoms with Crippen LogP contribution in [-0.2, 0) is 6.54 Å². The predicted molar refractivity (Wildman–Crippen MR) is 73.6 cm³/mol. The molecule has 0 aliphatic carbocycles. The van der Waals surface area contributed by atoms with Gasteiger partial charge in [-0.2, -0.15) is 0 Å². The first-order chi connectivity index (χ1) is 9.47. The van der Waals surface area contributed by atoms with Gasteiger partial charge in [0.1, 0.15) is 0 Å². The van der Waals surface area contributed by atoms with Gasteiger partial charge in [-0.1, -0.05) is 0 Å². The van der Waals surface area contributed by atoms with Crippen molar-refractivity contribution in [1.29, 1.82) is 0 Å². The minimum atomic E-state index is -0.920. The van der Waals surface area contributed by atoms with Crippen molar-refractivity contribution in [2.45, 2.75) is 12.6 Å². The van der Waals surface area contributed by atoms with Crippen molar-refractivity contribution in [2.75, 3.05) is 40.3 Å². The van der Waals surface area contributed by atoms with E-state index < -0.39 is 17.4 Å². The Labute approximate surface area is 118 Å². The van der Waals surface area contributed by atoms with Gasteiger partial charge in [-0.05, 0) is 31.8 Å². The monoisotopic (exact) mass is 285 g/mol. The Balaban J connectivity index is 1.86. The lowest BCUT2D eigenvalue weighted by atomic mass is 10.1. The van der Waals surface area contributed by atoms with Crippen molar-refractivity contribution in [1.82, 2.24) is 15.1 Å². The number of nitrogens with zero attached hydrogens (tertiary/aromatic N) is 2. The SMILES string of the molecule is CN1CCN(C)C(CNCc2cc(F)c(O)c(F)c2)C1. The van der Waals surface area contributed by atoms with E-state index in [9.17, 15) is 8.78 Å². The smallest absolute Gasteiger partial charge is 0.187 e. The molecule has 6 heteroatoms. The van der Waals surface area contributed by atoms with Crippen molar-refractivity contribution < 1.29 is 13.9 Å². The number of phenols is 1. The number of rotatable bonds is 4. The van der Waals surface area contributed by atoms with E-state index in [0.717, 1.165) is 38.3 Å². The lowest BCUT2D eigenvalue weighted by Gasteiger charge is -2.37. The molecular formula is C14H21F2N3O. The molecule has 112 valence electrons. The Morgan fingerprint density at radius 2 is 1.90 bits per heavy atom. The van der Waals surface area contributed by atoms with Gasteiger partial charge in [-0.15, -0.1) is 0 Å². The zero-order valence-corrected chi connectivity index (χ0v) is 11.9. The number of hydrogen-bond acceptors (Lipinski definition) is 4. The summed E-state index contributed by atoms with van der Waals surface area (Å²) < 4.78 is 26.4. The second-order valence-electron chi connectivity index (χ2n) is 5.44. The number of hydrogen-bond donors (Lipinski definition) is 2. The number of halogens is 2. The van der Waals surface area contributed by atoms with E-state index in [0.29, 0.717) is 18.2 Å². The molecule has 1 saturated heterocycles. The van der Waals surface area contributed by atoms with Crippen molar-refractivity contribution in [2.24, 2.45) is 0 Å². The largest absolute Gasteiger partial charge is 0.503 e. The highest BCUT2D eigenvalue weighted by Gasteiger charge is 2.21. The third-order valence-electron chi connectivity index (χ3n) is 3.77. The highest BCUT2D eigenvalue weighted by Crippen LogP contribution is 2.21. The number of nitrogens with one attached hydrogen (secondary N) is 1. The summed E-state index contributed by atoms with van der Waals surface area (Å²) in [5, 5.41) is 12.3. The quantitative estimate of drug-likeness (QED) is 0.866. The molecule has 1 aliphatic rings. The van der Waals surface area contributed by atoms with E-state index in [1.54, 1.807) is 0 Å². The van der Waals surface area contributed by atoms with Crippen LogP contribution >= 0.6 is 0 Å². The fourth-order valence-electron chi connectivity index (χ4n) is 2.43. The first-order valence-corrected chi connectivity index (χ1v) is 6.73. The van der Waals surface area contributed by atoms with Gasteiger partial charge >= 0.3 is 0 Å². The average molecular weight is 285 g/mol. The van der Waals surface area contributed by atoms with E-state index in [4.69, 9.17) is 5.11 Å². The molecule has 0 spiro atoms. The summed E-state index contributed by atoms with van der Waals surface area (Å²) in [5.74, 6) is -2.75. The third kappa shape index (κ3) is 3.65. The van der Waals surface area contributed by atoms with Gasteiger partial charge in [-0.25, -0.2) is 8.78 Å². The highest BCUT2D eigenvalue weighted by atomic mass is 19.1. The molecule has 1 atom stereocenters. The van der Waals surface area contributed by atoms with Gasteiger partial charge in [0.05, 0.1) is 0 Å². The fourth-order valence-corrected chi connectivity index (χ4v) is 2.43. The van der Waals surface area contributed by atoms with E-state index in [-0.39, 0.29) is 0 Å². The third-order valence-corrected chi connectivity index (χ3v) is 3.77. The van der Waals surface area contributed by atoms with Gasteiger partial charge in [0, 0.05) is 38.8 Å². The van der Waals surface area contributed by atoms with Crippen LogP contribution in [0.25, 0.3) is 0 Å². The Hall–Kier alpha value is -1.24. The fraction of sp³-hybridized carbons (Fsp3) is 0.571. The molecular weight excluding hydrogens is 264 g/mol. The maximum atomic E-state index is 13.2.